The molecule has 1 aromatic carbocycles. The molecular formula is C14H19Cl2FN4O. The van der Waals surface area contributed by atoms with Gasteiger partial charge in [0.15, 0.2) is 0 Å². The van der Waals surface area contributed by atoms with Gasteiger partial charge in [0.05, 0.1) is 12.0 Å². The number of amides is 1. The minimum Gasteiger partial charge on any atom is -0.352 e. The van der Waals surface area contributed by atoms with Gasteiger partial charge in [-0.25, -0.2) is 9.37 Å². The smallest absolute Gasteiger partial charge is 0.220 e. The number of benzene rings is 1. The van der Waals surface area contributed by atoms with E-state index in [4.69, 9.17) is 5.73 Å². The molecular weight excluding hydrogens is 330 g/mol. The Bertz CT molecular complexity index is 578. The van der Waals surface area contributed by atoms with E-state index in [1.165, 1.54) is 12.4 Å². The topological polar surface area (TPSA) is 72.9 Å². The number of nitrogens with zero attached hydrogens (tertiary/aromatic N) is 2. The van der Waals surface area contributed by atoms with Crippen molar-refractivity contribution in [3.8, 4) is 5.69 Å². The molecule has 0 saturated heterocycles. The van der Waals surface area contributed by atoms with Crippen LogP contribution in [0.15, 0.2) is 36.9 Å². The van der Waals surface area contributed by atoms with Gasteiger partial charge in [0.25, 0.3) is 0 Å². The molecule has 8 heteroatoms. The number of hydrogen-bond donors (Lipinski definition) is 2. The third-order valence-electron chi connectivity index (χ3n) is 2.89. The number of rotatable bonds is 6. The van der Waals surface area contributed by atoms with Gasteiger partial charge in [-0.3, -0.25) is 4.79 Å². The molecule has 2 aromatic rings. The maximum absolute atomic E-state index is 14.0. The zero-order valence-corrected chi connectivity index (χ0v) is 13.5. The summed E-state index contributed by atoms with van der Waals surface area (Å²) in [5, 5.41) is 2.73. The Morgan fingerprint density at radius 3 is 2.73 bits per heavy atom. The molecule has 122 valence electrons. The fourth-order valence-electron chi connectivity index (χ4n) is 1.82. The first-order chi connectivity index (χ1) is 9.70. The van der Waals surface area contributed by atoms with Gasteiger partial charge < -0.3 is 15.6 Å². The molecule has 0 spiro atoms. The lowest BCUT2D eigenvalue weighted by Crippen LogP contribution is -2.23. The summed E-state index contributed by atoms with van der Waals surface area (Å²) in [6, 6.07) is 4.86. The molecule has 0 unspecified atom stereocenters. The monoisotopic (exact) mass is 348 g/mol. The maximum Gasteiger partial charge on any atom is 0.220 e. The summed E-state index contributed by atoms with van der Waals surface area (Å²) in [4.78, 5) is 15.3. The van der Waals surface area contributed by atoms with Crippen LogP contribution in [-0.2, 0) is 11.3 Å². The molecule has 0 radical (unpaired) electrons. The molecule has 0 aliphatic carbocycles. The predicted molar refractivity (Wildman–Crippen MR) is 88.2 cm³/mol. The Morgan fingerprint density at radius 2 is 2.14 bits per heavy atom. The van der Waals surface area contributed by atoms with Gasteiger partial charge in [-0.15, -0.1) is 24.8 Å². The molecule has 1 amide bonds. The lowest BCUT2D eigenvalue weighted by Gasteiger charge is -2.08. The molecule has 5 nitrogen and oxygen atoms in total. The molecule has 1 heterocycles. The second-order valence-corrected chi connectivity index (χ2v) is 4.42. The van der Waals surface area contributed by atoms with Crippen LogP contribution in [-0.4, -0.2) is 22.0 Å². The molecule has 1 aromatic heterocycles. The highest BCUT2D eigenvalue weighted by Gasteiger charge is 2.06. The predicted octanol–water partition coefficient (Wildman–Crippen LogP) is 2.21. The molecule has 0 fully saturated rings. The normalized spacial score (nSPS) is 9.55. The van der Waals surface area contributed by atoms with Crippen LogP contribution in [0.25, 0.3) is 5.69 Å². The summed E-state index contributed by atoms with van der Waals surface area (Å²) in [6.07, 6.45) is 5.84. The van der Waals surface area contributed by atoms with Crippen LogP contribution < -0.4 is 11.1 Å². The molecule has 0 atom stereocenters. The van der Waals surface area contributed by atoms with E-state index in [9.17, 15) is 9.18 Å². The van der Waals surface area contributed by atoms with E-state index >= 15 is 0 Å². The van der Waals surface area contributed by atoms with Crippen LogP contribution in [0.2, 0.25) is 0 Å². The Morgan fingerprint density at radius 1 is 1.36 bits per heavy atom. The SMILES string of the molecule is Cl.Cl.NCCCC(=O)NCc1ccc(-n2ccnc2)c(F)c1. The standard InChI is InChI=1S/C14H17FN4O.2ClH/c15-12-8-11(9-18-14(20)2-1-5-16)3-4-13(12)19-7-6-17-10-19;;/h3-4,6-8,10H,1-2,5,9,16H2,(H,18,20);2*1H. The number of carbonyl (C=O) groups excluding carboxylic acids is 1. The van der Waals surface area contributed by atoms with E-state index in [-0.39, 0.29) is 36.5 Å². The fraction of sp³-hybridized carbons (Fsp3) is 0.286. The van der Waals surface area contributed by atoms with Crippen molar-refractivity contribution in [3.05, 3.63) is 48.3 Å². The lowest BCUT2D eigenvalue weighted by molar-refractivity contribution is -0.121. The molecule has 0 aliphatic rings. The van der Waals surface area contributed by atoms with E-state index in [0.29, 0.717) is 37.2 Å². The summed E-state index contributed by atoms with van der Waals surface area (Å²) in [7, 11) is 0. The van der Waals surface area contributed by atoms with Crippen molar-refractivity contribution in [2.24, 2.45) is 5.73 Å². The van der Waals surface area contributed by atoms with Crippen LogP contribution in [0.5, 0.6) is 0 Å². The van der Waals surface area contributed by atoms with Crippen LogP contribution in [0, 0.1) is 5.82 Å². The molecule has 0 aliphatic heterocycles. The Kier molecular flexibility index (Phi) is 9.40. The first kappa shape index (κ1) is 20.4. The summed E-state index contributed by atoms with van der Waals surface area (Å²) in [5.41, 5.74) is 6.48. The average Bonchev–Trinajstić information content (AvgIpc) is 2.97. The number of aromatic nitrogens is 2. The highest BCUT2D eigenvalue weighted by Crippen LogP contribution is 2.14. The van der Waals surface area contributed by atoms with Gasteiger partial charge in [-0.05, 0) is 30.7 Å². The van der Waals surface area contributed by atoms with E-state index in [1.54, 1.807) is 29.1 Å². The number of hydrogen-bond acceptors (Lipinski definition) is 3. The zero-order valence-electron chi connectivity index (χ0n) is 11.9. The van der Waals surface area contributed by atoms with Crippen molar-refractivity contribution in [1.82, 2.24) is 14.9 Å². The Balaban J connectivity index is 0.00000220. The summed E-state index contributed by atoms with van der Waals surface area (Å²) >= 11 is 0. The third kappa shape index (κ3) is 5.63. The largest absolute Gasteiger partial charge is 0.352 e. The summed E-state index contributed by atoms with van der Waals surface area (Å²) in [5.74, 6) is -0.425. The van der Waals surface area contributed by atoms with Gasteiger partial charge in [0.2, 0.25) is 5.91 Å². The van der Waals surface area contributed by atoms with E-state index < -0.39 is 0 Å². The lowest BCUT2D eigenvalue weighted by atomic mass is 10.2. The van der Waals surface area contributed by atoms with E-state index in [0.717, 1.165) is 0 Å². The van der Waals surface area contributed by atoms with Crippen LogP contribution in [0.4, 0.5) is 4.39 Å². The van der Waals surface area contributed by atoms with Crippen LogP contribution >= 0.6 is 24.8 Å². The Hall–Kier alpha value is -1.63. The Labute approximate surface area is 140 Å². The van der Waals surface area contributed by atoms with Gasteiger partial charge >= 0.3 is 0 Å². The molecule has 0 saturated carbocycles. The second kappa shape index (κ2) is 10.2. The van der Waals surface area contributed by atoms with Crippen molar-refractivity contribution in [2.45, 2.75) is 19.4 Å². The van der Waals surface area contributed by atoms with Gasteiger partial charge in [-0.1, -0.05) is 6.07 Å². The molecule has 3 N–H and O–H groups in total. The third-order valence-corrected chi connectivity index (χ3v) is 2.89. The van der Waals surface area contributed by atoms with Gasteiger partial charge in [-0.2, -0.15) is 0 Å². The first-order valence-electron chi connectivity index (χ1n) is 6.44. The number of halogens is 3. The fourth-order valence-corrected chi connectivity index (χ4v) is 1.82. The molecule has 0 bridgehead atoms. The van der Waals surface area contributed by atoms with Crippen molar-refractivity contribution >= 4 is 30.7 Å². The summed E-state index contributed by atoms with van der Waals surface area (Å²) < 4.78 is 15.6. The van der Waals surface area contributed by atoms with E-state index in [1.807, 2.05) is 0 Å². The summed E-state index contributed by atoms with van der Waals surface area (Å²) in [6.45, 7) is 0.798. The van der Waals surface area contributed by atoms with Crippen molar-refractivity contribution in [2.75, 3.05) is 6.54 Å². The minimum atomic E-state index is -0.350. The number of carbonyl (C=O) groups is 1. The number of imidazole rings is 1. The zero-order chi connectivity index (χ0) is 14.4. The second-order valence-electron chi connectivity index (χ2n) is 4.42. The van der Waals surface area contributed by atoms with Gasteiger partial charge in [0, 0.05) is 25.4 Å². The average molecular weight is 349 g/mol. The first-order valence-corrected chi connectivity index (χ1v) is 6.44. The van der Waals surface area contributed by atoms with E-state index in [2.05, 4.69) is 10.3 Å². The molecule has 2 rings (SSSR count). The highest BCUT2D eigenvalue weighted by molar-refractivity contribution is 5.85. The number of nitrogens with one attached hydrogen (secondary N) is 1. The van der Waals surface area contributed by atoms with Gasteiger partial charge in [0.1, 0.15) is 5.82 Å². The van der Waals surface area contributed by atoms with Crippen molar-refractivity contribution in [1.29, 1.82) is 0 Å². The van der Waals surface area contributed by atoms with Crippen molar-refractivity contribution < 1.29 is 9.18 Å². The molecule has 22 heavy (non-hydrogen) atoms. The highest BCUT2D eigenvalue weighted by atomic mass is 35.5. The minimum absolute atomic E-state index is 0. The maximum atomic E-state index is 14.0. The number of nitrogens with two attached hydrogens (primary N) is 1. The van der Waals surface area contributed by atoms with Crippen LogP contribution in [0.3, 0.4) is 0 Å². The van der Waals surface area contributed by atoms with Crippen molar-refractivity contribution in [3.63, 3.8) is 0 Å². The quantitative estimate of drug-likeness (QED) is 0.840. The van der Waals surface area contributed by atoms with Crippen LogP contribution in [0.1, 0.15) is 18.4 Å².